The van der Waals surface area contributed by atoms with Gasteiger partial charge in [-0.3, -0.25) is 0 Å². The molecule has 0 amide bonds. The lowest BCUT2D eigenvalue weighted by atomic mass is 10.1. The third-order valence-corrected chi connectivity index (χ3v) is 5.45. The summed E-state index contributed by atoms with van der Waals surface area (Å²) in [5.74, 6) is -1.80. The largest absolute Gasteiger partial charge is 0.299 e. The Hall–Kier alpha value is -2.54. The van der Waals surface area contributed by atoms with Gasteiger partial charge in [0, 0.05) is 11.6 Å². The number of halogens is 2. The molecule has 4 nitrogen and oxygen atoms in total. The first-order valence-electron chi connectivity index (χ1n) is 7.35. The van der Waals surface area contributed by atoms with Gasteiger partial charge in [-0.2, -0.15) is 13.8 Å². The molecule has 4 aromatic rings. The third-order valence-electron chi connectivity index (χ3n) is 4.17. The van der Waals surface area contributed by atoms with Gasteiger partial charge in [0.05, 0.1) is 11.9 Å². The highest BCUT2D eigenvalue weighted by atomic mass is 32.1. The van der Waals surface area contributed by atoms with E-state index in [4.69, 9.17) is 0 Å². The number of aryl methyl sites for hydroxylation is 2. The lowest BCUT2D eigenvalue weighted by Crippen LogP contribution is -2.36. The van der Waals surface area contributed by atoms with E-state index in [9.17, 15) is 8.78 Å². The summed E-state index contributed by atoms with van der Waals surface area (Å²) in [6.45, 7) is 3.82. The van der Waals surface area contributed by atoms with Gasteiger partial charge < -0.3 is 0 Å². The van der Waals surface area contributed by atoms with Gasteiger partial charge in [0.25, 0.3) is 23.4 Å². The number of thiophene rings is 1. The normalized spacial score (nSPS) is 11.5. The molecule has 0 bridgehead atoms. The summed E-state index contributed by atoms with van der Waals surface area (Å²) >= 11 is 1.59. The van der Waals surface area contributed by atoms with Crippen LogP contribution in [0.5, 0.6) is 0 Å². The molecule has 0 N–H and O–H groups in total. The molecule has 0 radical (unpaired) electrons. The summed E-state index contributed by atoms with van der Waals surface area (Å²) in [6.07, 6.45) is 0. The molecule has 3 heterocycles. The number of nitrogens with zero attached hydrogens (tertiary/aromatic N) is 4. The number of hydrogen-bond donors (Lipinski definition) is 0. The number of benzene rings is 1. The van der Waals surface area contributed by atoms with E-state index in [1.807, 2.05) is 42.8 Å². The lowest BCUT2D eigenvalue weighted by Gasteiger charge is -2.06. The van der Waals surface area contributed by atoms with E-state index in [1.165, 1.54) is 0 Å². The predicted molar refractivity (Wildman–Crippen MR) is 88.7 cm³/mol. The molecule has 120 valence electrons. The Bertz CT molecular complexity index is 1120. The molecular weight excluding hydrogens is 330 g/mol. The topological polar surface area (TPSA) is 42.6 Å². The predicted octanol–water partition coefficient (Wildman–Crippen LogP) is 3.63. The third kappa shape index (κ3) is 2.08. The van der Waals surface area contributed by atoms with Crippen LogP contribution in [0.1, 0.15) is 11.4 Å². The van der Waals surface area contributed by atoms with E-state index in [1.54, 1.807) is 18.3 Å². The molecule has 3 aromatic heterocycles. The van der Waals surface area contributed by atoms with E-state index >= 15 is 0 Å². The van der Waals surface area contributed by atoms with E-state index in [-0.39, 0.29) is 11.2 Å². The molecular formula is C17H13F2N4S+. The molecule has 0 saturated heterocycles. The Kier molecular flexibility index (Phi) is 3.28. The molecule has 1 aromatic carbocycles. The second-order valence-corrected chi connectivity index (χ2v) is 6.65. The molecule has 4 rings (SSSR count). The molecule has 0 aliphatic heterocycles. The average Bonchev–Trinajstić information content (AvgIpc) is 2.88. The average molecular weight is 343 g/mol. The zero-order valence-electron chi connectivity index (χ0n) is 13.3. The Morgan fingerprint density at radius 3 is 2.46 bits per heavy atom. The summed E-state index contributed by atoms with van der Waals surface area (Å²) in [7, 11) is 1.84. The van der Waals surface area contributed by atoms with Crippen LogP contribution in [0.3, 0.4) is 0 Å². The van der Waals surface area contributed by atoms with Gasteiger partial charge in [0.2, 0.25) is 0 Å². The SMILES string of the molecule is Cc1c(-c2c3nc(F)c(F)nc3nc(C)[n+]2C)sc2ccccc12. The van der Waals surface area contributed by atoms with E-state index in [0.717, 1.165) is 20.5 Å². The molecule has 24 heavy (non-hydrogen) atoms. The maximum Gasteiger partial charge on any atom is 0.299 e. The van der Waals surface area contributed by atoms with Crippen molar-refractivity contribution in [2.24, 2.45) is 7.05 Å². The van der Waals surface area contributed by atoms with Crippen LogP contribution in [0.25, 0.3) is 31.8 Å². The quantitative estimate of drug-likeness (QED) is 0.496. The Morgan fingerprint density at radius 2 is 1.71 bits per heavy atom. The Balaban J connectivity index is 2.17. The monoisotopic (exact) mass is 343 g/mol. The van der Waals surface area contributed by atoms with E-state index in [0.29, 0.717) is 11.5 Å². The summed E-state index contributed by atoms with van der Waals surface area (Å²) in [5.41, 5.74) is 2.14. The van der Waals surface area contributed by atoms with Crippen LogP contribution >= 0.6 is 11.3 Å². The van der Waals surface area contributed by atoms with Crippen molar-refractivity contribution in [2.45, 2.75) is 13.8 Å². The van der Waals surface area contributed by atoms with Gasteiger partial charge in [-0.25, -0.2) is 9.55 Å². The molecule has 0 atom stereocenters. The fourth-order valence-corrected chi connectivity index (χ4v) is 4.12. The van der Waals surface area contributed by atoms with Crippen molar-refractivity contribution in [3.8, 4) is 10.6 Å². The summed E-state index contributed by atoms with van der Waals surface area (Å²) in [5, 5.41) is 1.13. The molecule has 0 aliphatic carbocycles. The van der Waals surface area contributed by atoms with Crippen molar-refractivity contribution < 1.29 is 13.3 Å². The van der Waals surface area contributed by atoms with E-state index < -0.39 is 11.9 Å². The molecule has 0 aliphatic rings. The minimum atomic E-state index is -1.23. The van der Waals surface area contributed by atoms with Crippen LogP contribution < -0.4 is 4.57 Å². The van der Waals surface area contributed by atoms with Crippen LogP contribution in [0.4, 0.5) is 8.78 Å². The molecule has 0 fully saturated rings. The van der Waals surface area contributed by atoms with Gasteiger partial charge in [-0.15, -0.1) is 11.3 Å². The number of aromatic nitrogens is 4. The van der Waals surface area contributed by atoms with E-state index in [2.05, 4.69) is 15.0 Å². The first-order valence-corrected chi connectivity index (χ1v) is 8.17. The van der Waals surface area contributed by atoms with Crippen LogP contribution in [0.2, 0.25) is 0 Å². The summed E-state index contributed by atoms with van der Waals surface area (Å²) in [4.78, 5) is 12.6. The number of hydrogen-bond acceptors (Lipinski definition) is 4. The van der Waals surface area contributed by atoms with Crippen molar-refractivity contribution in [3.05, 3.63) is 47.5 Å². The first kappa shape index (κ1) is 15.0. The molecule has 0 saturated carbocycles. The Morgan fingerprint density at radius 1 is 1.00 bits per heavy atom. The highest BCUT2D eigenvalue weighted by Crippen LogP contribution is 2.38. The van der Waals surface area contributed by atoms with Crippen molar-refractivity contribution in [3.63, 3.8) is 0 Å². The number of fused-ring (bicyclic) bond motifs is 2. The molecule has 0 spiro atoms. The fraction of sp³-hybridized carbons (Fsp3) is 0.176. The van der Waals surface area contributed by atoms with Gasteiger partial charge in [0.15, 0.2) is 11.2 Å². The van der Waals surface area contributed by atoms with Crippen molar-refractivity contribution in [1.82, 2.24) is 15.0 Å². The van der Waals surface area contributed by atoms with Crippen molar-refractivity contribution >= 4 is 32.6 Å². The summed E-state index contributed by atoms with van der Waals surface area (Å²) < 4.78 is 30.1. The van der Waals surface area contributed by atoms with Crippen LogP contribution in [0.15, 0.2) is 24.3 Å². The number of rotatable bonds is 1. The van der Waals surface area contributed by atoms with Crippen LogP contribution in [-0.2, 0) is 7.05 Å². The van der Waals surface area contributed by atoms with Crippen LogP contribution in [-0.4, -0.2) is 15.0 Å². The second-order valence-electron chi connectivity index (χ2n) is 5.60. The van der Waals surface area contributed by atoms with Gasteiger partial charge in [0.1, 0.15) is 0 Å². The van der Waals surface area contributed by atoms with Crippen molar-refractivity contribution in [1.29, 1.82) is 0 Å². The standard InChI is InChI=1S/C17H13F2N4S/c1-8-10-6-4-5-7-11(10)24-14(8)13-12-17(20-9(2)23(13)3)22-16(19)15(18)21-12/h4-7H,1-3H3/q+1. The second kappa shape index (κ2) is 5.24. The highest BCUT2D eigenvalue weighted by molar-refractivity contribution is 7.22. The molecule has 0 unspecified atom stereocenters. The van der Waals surface area contributed by atoms with Crippen LogP contribution in [0, 0.1) is 25.7 Å². The zero-order chi connectivity index (χ0) is 17.0. The molecule has 7 heteroatoms. The minimum absolute atomic E-state index is 0.108. The zero-order valence-corrected chi connectivity index (χ0v) is 14.1. The minimum Gasteiger partial charge on any atom is -0.227 e. The Labute approximate surface area is 140 Å². The summed E-state index contributed by atoms with van der Waals surface area (Å²) in [6, 6.07) is 8.05. The first-order chi connectivity index (χ1) is 11.5. The van der Waals surface area contributed by atoms with Gasteiger partial charge in [-0.1, -0.05) is 18.2 Å². The maximum absolute atomic E-state index is 13.7. The van der Waals surface area contributed by atoms with Crippen molar-refractivity contribution in [2.75, 3.05) is 0 Å². The smallest absolute Gasteiger partial charge is 0.227 e. The van der Waals surface area contributed by atoms with Gasteiger partial charge >= 0.3 is 0 Å². The fourth-order valence-electron chi connectivity index (χ4n) is 2.83. The van der Waals surface area contributed by atoms with Gasteiger partial charge in [-0.05, 0) is 28.9 Å². The highest BCUT2D eigenvalue weighted by Gasteiger charge is 2.26. The lowest BCUT2D eigenvalue weighted by molar-refractivity contribution is -0.668. The maximum atomic E-state index is 13.7.